The minimum absolute atomic E-state index is 0.0523. The standard InChI is InChI=1S/C21H23ClF3NO2S/c1-5-26(6-2)20(27)14(4)29-19-12-16(9-7-13(19)3)28-18-10-8-15(11-17(18)22)21(23,24)25/h7-12,14H,5-6H2,1-4H3. The molecule has 0 bridgehead atoms. The number of alkyl halides is 3. The Labute approximate surface area is 178 Å². The van der Waals surface area contributed by atoms with Crippen molar-refractivity contribution in [3.8, 4) is 11.5 Å². The van der Waals surface area contributed by atoms with Gasteiger partial charge in [-0.25, -0.2) is 0 Å². The van der Waals surface area contributed by atoms with Crippen molar-refractivity contribution < 1.29 is 22.7 Å². The second kappa shape index (κ2) is 9.76. The van der Waals surface area contributed by atoms with E-state index in [-0.39, 0.29) is 21.9 Å². The van der Waals surface area contributed by atoms with Crippen LogP contribution in [0.2, 0.25) is 5.02 Å². The number of carbonyl (C=O) groups is 1. The van der Waals surface area contributed by atoms with Crippen LogP contribution in [0, 0.1) is 6.92 Å². The summed E-state index contributed by atoms with van der Waals surface area (Å²) in [6.45, 7) is 8.94. The molecule has 0 aromatic heterocycles. The van der Waals surface area contributed by atoms with E-state index in [0.717, 1.165) is 22.6 Å². The number of hydrogen-bond donors (Lipinski definition) is 0. The first-order valence-electron chi connectivity index (χ1n) is 9.17. The number of nitrogens with zero attached hydrogens (tertiary/aromatic N) is 1. The predicted octanol–water partition coefficient (Wildman–Crippen LogP) is 6.81. The topological polar surface area (TPSA) is 29.5 Å². The molecule has 0 spiro atoms. The Morgan fingerprint density at radius 1 is 1.17 bits per heavy atom. The van der Waals surface area contributed by atoms with Crippen LogP contribution in [0.5, 0.6) is 11.5 Å². The molecule has 2 rings (SSSR count). The first-order chi connectivity index (χ1) is 13.6. The van der Waals surface area contributed by atoms with E-state index >= 15 is 0 Å². The summed E-state index contributed by atoms with van der Waals surface area (Å²) in [5.74, 6) is 0.616. The molecule has 29 heavy (non-hydrogen) atoms. The lowest BCUT2D eigenvalue weighted by Gasteiger charge is -2.23. The SMILES string of the molecule is CCN(CC)C(=O)C(C)Sc1cc(Oc2ccc(C(F)(F)F)cc2Cl)ccc1C. The monoisotopic (exact) mass is 445 g/mol. The quantitative estimate of drug-likeness (QED) is 0.438. The van der Waals surface area contributed by atoms with Crippen LogP contribution in [0.1, 0.15) is 31.9 Å². The van der Waals surface area contributed by atoms with Crippen molar-refractivity contribution in [3.05, 3.63) is 52.5 Å². The van der Waals surface area contributed by atoms with Crippen LogP contribution in [0.25, 0.3) is 0 Å². The van der Waals surface area contributed by atoms with Crippen LogP contribution in [0.4, 0.5) is 13.2 Å². The molecule has 0 N–H and O–H groups in total. The Morgan fingerprint density at radius 2 is 1.83 bits per heavy atom. The number of hydrogen-bond acceptors (Lipinski definition) is 3. The molecule has 1 atom stereocenters. The Morgan fingerprint density at radius 3 is 2.38 bits per heavy atom. The molecule has 2 aromatic rings. The van der Waals surface area contributed by atoms with Crippen molar-refractivity contribution in [2.75, 3.05) is 13.1 Å². The van der Waals surface area contributed by atoms with Crippen LogP contribution in [0.3, 0.4) is 0 Å². The summed E-state index contributed by atoms with van der Waals surface area (Å²) in [4.78, 5) is 15.2. The highest BCUT2D eigenvalue weighted by Gasteiger charge is 2.31. The van der Waals surface area contributed by atoms with E-state index in [0.29, 0.717) is 18.8 Å². The number of aryl methyl sites for hydroxylation is 1. The van der Waals surface area contributed by atoms with E-state index in [4.69, 9.17) is 16.3 Å². The smallest absolute Gasteiger partial charge is 0.416 e. The largest absolute Gasteiger partial charge is 0.456 e. The van der Waals surface area contributed by atoms with E-state index in [1.165, 1.54) is 17.8 Å². The fraction of sp³-hybridized carbons (Fsp3) is 0.381. The summed E-state index contributed by atoms with van der Waals surface area (Å²) < 4.78 is 44.1. The molecule has 0 fully saturated rings. The molecule has 0 saturated carbocycles. The van der Waals surface area contributed by atoms with Crippen LogP contribution < -0.4 is 4.74 Å². The minimum Gasteiger partial charge on any atom is -0.456 e. The second-order valence-electron chi connectivity index (χ2n) is 6.44. The van der Waals surface area contributed by atoms with E-state index < -0.39 is 11.7 Å². The summed E-state index contributed by atoms with van der Waals surface area (Å²) in [6.07, 6.45) is -4.47. The van der Waals surface area contributed by atoms with E-state index in [2.05, 4.69) is 0 Å². The lowest BCUT2D eigenvalue weighted by molar-refractivity contribution is -0.137. The van der Waals surface area contributed by atoms with Gasteiger partial charge in [0.2, 0.25) is 5.91 Å². The average Bonchev–Trinajstić information content (AvgIpc) is 2.66. The van der Waals surface area contributed by atoms with Crippen molar-refractivity contribution >= 4 is 29.3 Å². The average molecular weight is 446 g/mol. The van der Waals surface area contributed by atoms with Gasteiger partial charge < -0.3 is 9.64 Å². The number of ether oxygens (including phenoxy) is 1. The molecule has 0 heterocycles. The van der Waals surface area contributed by atoms with Crippen molar-refractivity contribution in [1.29, 1.82) is 0 Å². The Hall–Kier alpha value is -1.86. The number of rotatable bonds is 7. The van der Waals surface area contributed by atoms with Gasteiger partial charge in [0.05, 0.1) is 15.8 Å². The predicted molar refractivity (Wildman–Crippen MR) is 111 cm³/mol. The van der Waals surface area contributed by atoms with Crippen LogP contribution >= 0.6 is 23.4 Å². The van der Waals surface area contributed by atoms with Crippen LogP contribution in [-0.4, -0.2) is 29.1 Å². The number of halogens is 4. The van der Waals surface area contributed by atoms with Crippen LogP contribution in [0.15, 0.2) is 41.3 Å². The van der Waals surface area contributed by atoms with Gasteiger partial charge in [-0.05, 0) is 63.6 Å². The molecule has 1 unspecified atom stereocenters. The number of amides is 1. The van der Waals surface area contributed by atoms with E-state index in [1.54, 1.807) is 17.0 Å². The number of thioether (sulfide) groups is 1. The molecule has 0 aliphatic rings. The highest BCUT2D eigenvalue weighted by atomic mass is 35.5. The number of carbonyl (C=O) groups excluding carboxylic acids is 1. The Balaban J connectivity index is 2.20. The van der Waals surface area contributed by atoms with Gasteiger partial charge in [0.1, 0.15) is 11.5 Å². The first kappa shape index (κ1) is 23.4. The lowest BCUT2D eigenvalue weighted by atomic mass is 10.2. The van der Waals surface area contributed by atoms with Gasteiger partial charge in [0.15, 0.2) is 0 Å². The Kier molecular flexibility index (Phi) is 7.88. The zero-order valence-corrected chi connectivity index (χ0v) is 18.2. The van der Waals surface area contributed by atoms with E-state index in [1.807, 2.05) is 33.8 Å². The maximum atomic E-state index is 12.8. The van der Waals surface area contributed by atoms with Gasteiger partial charge in [0, 0.05) is 18.0 Å². The van der Waals surface area contributed by atoms with Gasteiger partial charge in [0.25, 0.3) is 0 Å². The fourth-order valence-electron chi connectivity index (χ4n) is 2.69. The van der Waals surface area contributed by atoms with Gasteiger partial charge >= 0.3 is 6.18 Å². The van der Waals surface area contributed by atoms with Crippen molar-refractivity contribution in [2.24, 2.45) is 0 Å². The molecule has 158 valence electrons. The molecule has 0 aliphatic carbocycles. The molecule has 3 nitrogen and oxygen atoms in total. The molecule has 0 saturated heterocycles. The van der Waals surface area contributed by atoms with E-state index in [9.17, 15) is 18.0 Å². The second-order valence-corrected chi connectivity index (χ2v) is 8.23. The summed E-state index contributed by atoms with van der Waals surface area (Å²) in [6, 6.07) is 8.28. The Bertz CT molecular complexity index is 869. The van der Waals surface area contributed by atoms with Gasteiger partial charge in [-0.1, -0.05) is 17.7 Å². The third-order valence-corrected chi connectivity index (χ3v) is 5.92. The minimum atomic E-state index is -4.47. The van der Waals surface area contributed by atoms with Gasteiger partial charge in [-0.2, -0.15) is 13.2 Å². The summed E-state index contributed by atoms with van der Waals surface area (Å²) in [7, 11) is 0. The number of benzene rings is 2. The lowest BCUT2D eigenvalue weighted by Crippen LogP contribution is -2.36. The van der Waals surface area contributed by atoms with Crippen molar-refractivity contribution in [3.63, 3.8) is 0 Å². The zero-order chi connectivity index (χ0) is 21.8. The van der Waals surface area contributed by atoms with Gasteiger partial charge in [-0.15, -0.1) is 11.8 Å². The van der Waals surface area contributed by atoms with Crippen molar-refractivity contribution in [1.82, 2.24) is 4.90 Å². The fourth-order valence-corrected chi connectivity index (χ4v) is 3.98. The molecule has 0 radical (unpaired) electrons. The summed E-state index contributed by atoms with van der Waals surface area (Å²) in [5.41, 5.74) is 0.138. The van der Waals surface area contributed by atoms with Crippen molar-refractivity contribution in [2.45, 2.75) is 44.0 Å². The molecular weight excluding hydrogens is 423 g/mol. The highest BCUT2D eigenvalue weighted by molar-refractivity contribution is 8.00. The zero-order valence-electron chi connectivity index (χ0n) is 16.6. The highest BCUT2D eigenvalue weighted by Crippen LogP contribution is 2.38. The third kappa shape index (κ3) is 6.06. The van der Waals surface area contributed by atoms with Crippen LogP contribution in [-0.2, 0) is 11.0 Å². The molecule has 2 aromatic carbocycles. The summed E-state index contributed by atoms with van der Waals surface area (Å²) in [5, 5.41) is -0.404. The molecule has 0 aliphatic heterocycles. The van der Waals surface area contributed by atoms with Gasteiger partial charge in [-0.3, -0.25) is 4.79 Å². The third-order valence-electron chi connectivity index (χ3n) is 4.37. The maximum Gasteiger partial charge on any atom is 0.416 e. The normalized spacial score (nSPS) is 12.6. The maximum absolute atomic E-state index is 12.8. The first-order valence-corrected chi connectivity index (χ1v) is 10.4. The summed E-state index contributed by atoms with van der Waals surface area (Å²) >= 11 is 7.39. The molecule has 1 amide bonds. The molecule has 8 heteroatoms. The molecular formula is C21H23ClF3NO2S.